The molecule has 1 aliphatic rings. The Labute approximate surface area is 101 Å². The fourth-order valence-electron chi connectivity index (χ4n) is 1.44. The summed E-state index contributed by atoms with van der Waals surface area (Å²) in [6.45, 7) is 0.982. The summed E-state index contributed by atoms with van der Waals surface area (Å²) in [6, 6.07) is 7.73. The zero-order valence-corrected chi connectivity index (χ0v) is 10.1. The number of thiocarbonyl (C=S) groups is 1. The average molecular weight is 236 g/mol. The van der Waals surface area contributed by atoms with Crippen molar-refractivity contribution in [2.75, 3.05) is 19.0 Å². The first kappa shape index (κ1) is 11.2. The third-order valence-electron chi connectivity index (χ3n) is 2.58. The van der Waals surface area contributed by atoms with Crippen LogP contribution in [-0.2, 0) is 0 Å². The molecule has 0 aliphatic heterocycles. The molecular weight excluding hydrogens is 220 g/mol. The van der Waals surface area contributed by atoms with Crippen LogP contribution < -0.4 is 15.4 Å². The lowest BCUT2D eigenvalue weighted by atomic mass is 10.3. The van der Waals surface area contributed by atoms with E-state index in [9.17, 15) is 0 Å². The first-order chi connectivity index (χ1) is 7.78. The van der Waals surface area contributed by atoms with Crippen molar-refractivity contribution in [2.45, 2.75) is 12.8 Å². The molecule has 0 spiro atoms. The van der Waals surface area contributed by atoms with Gasteiger partial charge in [0, 0.05) is 18.3 Å². The number of hydrogen-bond donors (Lipinski definition) is 2. The molecule has 2 N–H and O–H groups in total. The monoisotopic (exact) mass is 236 g/mol. The second-order valence-corrected chi connectivity index (χ2v) is 4.42. The summed E-state index contributed by atoms with van der Waals surface area (Å²) in [5, 5.41) is 7.03. The zero-order valence-electron chi connectivity index (χ0n) is 9.32. The highest BCUT2D eigenvalue weighted by molar-refractivity contribution is 7.80. The fraction of sp³-hybridized carbons (Fsp3) is 0.417. The summed E-state index contributed by atoms with van der Waals surface area (Å²) in [4.78, 5) is 0. The van der Waals surface area contributed by atoms with E-state index in [2.05, 4.69) is 10.6 Å². The van der Waals surface area contributed by atoms with Crippen molar-refractivity contribution in [1.82, 2.24) is 5.32 Å². The van der Waals surface area contributed by atoms with Crippen molar-refractivity contribution in [3.8, 4) is 5.75 Å². The largest absolute Gasteiger partial charge is 0.497 e. The van der Waals surface area contributed by atoms with Gasteiger partial charge in [-0.15, -0.1) is 0 Å². The van der Waals surface area contributed by atoms with E-state index in [0.717, 1.165) is 23.9 Å². The van der Waals surface area contributed by atoms with E-state index < -0.39 is 0 Å². The molecular formula is C12H16N2OS. The van der Waals surface area contributed by atoms with E-state index in [4.69, 9.17) is 17.0 Å². The van der Waals surface area contributed by atoms with Crippen LogP contribution in [-0.4, -0.2) is 18.8 Å². The van der Waals surface area contributed by atoms with Crippen LogP contribution in [0.3, 0.4) is 0 Å². The molecule has 1 aromatic rings. The van der Waals surface area contributed by atoms with Crippen LogP contribution in [0.15, 0.2) is 24.3 Å². The van der Waals surface area contributed by atoms with Crippen molar-refractivity contribution >= 4 is 23.0 Å². The van der Waals surface area contributed by atoms with Gasteiger partial charge in [0.15, 0.2) is 5.11 Å². The standard InChI is InChI=1S/C12H16N2OS/c1-15-11-4-2-3-10(7-11)14-12(16)13-8-9-5-6-9/h2-4,7,9H,5-6,8H2,1H3,(H2,13,14,16). The van der Waals surface area contributed by atoms with Gasteiger partial charge in [-0.3, -0.25) is 0 Å². The molecule has 0 unspecified atom stereocenters. The minimum atomic E-state index is 0.681. The SMILES string of the molecule is COc1cccc(NC(=S)NCC2CC2)c1. The fourth-order valence-corrected chi connectivity index (χ4v) is 1.64. The van der Waals surface area contributed by atoms with Gasteiger partial charge in [0.05, 0.1) is 7.11 Å². The molecule has 1 aliphatic carbocycles. The number of anilines is 1. The van der Waals surface area contributed by atoms with Crippen LogP contribution in [0.25, 0.3) is 0 Å². The van der Waals surface area contributed by atoms with Crippen molar-refractivity contribution in [1.29, 1.82) is 0 Å². The van der Waals surface area contributed by atoms with Crippen molar-refractivity contribution in [3.63, 3.8) is 0 Å². The predicted molar refractivity (Wildman–Crippen MR) is 69.9 cm³/mol. The Morgan fingerprint density at radius 2 is 2.31 bits per heavy atom. The predicted octanol–water partition coefficient (Wildman–Crippen LogP) is 2.39. The highest BCUT2D eigenvalue weighted by Crippen LogP contribution is 2.27. The summed E-state index contributed by atoms with van der Waals surface area (Å²) in [5.74, 6) is 1.65. The van der Waals surface area contributed by atoms with Crippen LogP contribution in [0.1, 0.15) is 12.8 Å². The Hall–Kier alpha value is -1.29. The number of nitrogens with one attached hydrogen (secondary N) is 2. The third-order valence-corrected chi connectivity index (χ3v) is 2.82. The van der Waals surface area contributed by atoms with Crippen LogP contribution in [0.4, 0.5) is 5.69 Å². The molecule has 2 rings (SSSR count). The quantitative estimate of drug-likeness (QED) is 0.786. The van der Waals surface area contributed by atoms with E-state index in [1.807, 2.05) is 24.3 Å². The maximum atomic E-state index is 5.20. The highest BCUT2D eigenvalue weighted by atomic mass is 32.1. The summed E-state index contributed by atoms with van der Waals surface area (Å²) >= 11 is 5.20. The topological polar surface area (TPSA) is 33.3 Å². The number of methoxy groups -OCH3 is 1. The molecule has 1 saturated carbocycles. The molecule has 0 radical (unpaired) electrons. The van der Waals surface area contributed by atoms with Gasteiger partial charge in [-0.25, -0.2) is 0 Å². The smallest absolute Gasteiger partial charge is 0.170 e. The molecule has 0 amide bonds. The first-order valence-corrected chi connectivity index (χ1v) is 5.87. The Balaban J connectivity index is 1.83. The van der Waals surface area contributed by atoms with E-state index in [0.29, 0.717) is 5.11 Å². The minimum Gasteiger partial charge on any atom is -0.497 e. The Morgan fingerprint density at radius 1 is 1.50 bits per heavy atom. The molecule has 0 saturated heterocycles. The first-order valence-electron chi connectivity index (χ1n) is 5.47. The molecule has 0 atom stereocenters. The zero-order chi connectivity index (χ0) is 11.4. The van der Waals surface area contributed by atoms with Gasteiger partial charge in [-0.05, 0) is 43.1 Å². The van der Waals surface area contributed by atoms with Crippen molar-refractivity contribution in [2.24, 2.45) is 5.92 Å². The molecule has 0 bridgehead atoms. The molecule has 86 valence electrons. The van der Waals surface area contributed by atoms with Crippen LogP contribution in [0.5, 0.6) is 5.75 Å². The van der Waals surface area contributed by atoms with Crippen LogP contribution in [0.2, 0.25) is 0 Å². The van der Waals surface area contributed by atoms with Crippen LogP contribution in [0, 0.1) is 5.92 Å². The Morgan fingerprint density at radius 3 is 3.00 bits per heavy atom. The van der Waals surface area contributed by atoms with Gasteiger partial charge >= 0.3 is 0 Å². The summed E-state index contributed by atoms with van der Waals surface area (Å²) in [7, 11) is 1.66. The Kier molecular flexibility index (Phi) is 3.62. The highest BCUT2D eigenvalue weighted by Gasteiger charge is 2.20. The molecule has 0 heterocycles. The lowest BCUT2D eigenvalue weighted by Gasteiger charge is -2.10. The lowest BCUT2D eigenvalue weighted by molar-refractivity contribution is 0.415. The molecule has 16 heavy (non-hydrogen) atoms. The maximum absolute atomic E-state index is 5.20. The maximum Gasteiger partial charge on any atom is 0.170 e. The number of benzene rings is 1. The summed E-state index contributed by atoms with van der Waals surface area (Å²) < 4.78 is 5.14. The number of rotatable bonds is 4. The normalized spacial score (nSPS) is 14.3. The number of hydrogen-bond acceptors (Lipinski definition) is 2. The number of ether oxygens (including phenoxy) is 1. The van der Waals surface area contributed by atoms with E-state index >= 15 is 0 Å². The van der Waals surface area contributed by atoms with Gasteiger partial charge in [-0.1, -0.05) is 6.07 Å². The second-order valence-electron chi connectivity index (χ2n) is 4.01. The van der Waals surface area contributed by atoms with Gasteiger partial charge in [0.25, 0.3) is 0 Å². The summed E-state index contributed by atoms with van der Waals surface area (Å²) in [5.41, 5.74) is 0.952. The van der Waals surface area contributed by atoms with Gasteiger partial charge in [0.1, 0.15) is 5.75 Å². The minimum absolute atomic E-state index is 0.681. The van der Waals surface area contributed by atoms with E-state index in [-0.39, 0.29) is 0 Å². The second kappa shape index (κ2) is 5.16. The van der Waals surface area contributed by atoms with Gasteiger partial charge in [0.2, 0.25) is 0 Å². The van der Waals surface area contributed by atoms with E-state index in [1.54, 1.807) is 7.11 Å². The van der Waals surface area contributed by atoms with Gasteiger partial charge < -0.3 is 15.4 Å². The van der Waals surface area contributed by atoms with Crippen LogP contribution >= 0.6 is 12.2 Å². The lowest BCUT2D eigenvalue weighted by Crippen LogP contribution is -2.30. The van der Waals surface area contributed by atoms with E-state index in [1.165, 1.54) is 12.8 Å². The average Bonchev–Trinajstić information content (AvgIpc) is 3.10. The molecule has 3 nitrogen and oxygen atoms in total. The molecule has 1 fully saturated rings. The Bertz CT molecular complexity index is 377. The van der Waals surface area contributed by atoms with Crippen molar-refractivity contribution in [3.05, 3.63) is 24.3 Å². The molecule has 1 aromatic carbocycles. The molecule has 4 heteroatoms. The van der Waals surface area contributed by atoms with Gasteiger partial charge in [-0.2, -0.15) is 0 Å². The molecule has 0 aromatic heterocycles. The van der Waals surface area contributed by atoms with Crippen molar-refractivity contribution < 1.29 is 4.74 Å². The third kappa shape index (κ3) is 3.38. The summed E-state index contributed by atoms with van der Waals surface area (Å²) in [6.07, 6.45) is 2.66.